The lowest BCUT2D eigenvalue weighted by atomic mass is 10.1. The Morgan fingerprint density at radius 3 is 2.77 bits per heavy atom. The Kier molecular flexibility index (Phi) is 4.84. The topological polar surface area (TPSA) is 102 Å². The van der Waals surface area contributed by atoms with Crippen LogP contribution in [0, 0.1) is 13.8 Å². The van der Waals surface area contributed by atoms with Crippen molar-refractivity contribution in [2.75, 3.05) is 0 Å². The number of aryl methyl sites for hydroxylation is 2. The van der Waals surface area contributed by atoms with Crippen LogP contribution in [0.2, 0.25) is 0 Å². The molecule has 0 fully saturated rings. The summed E-state index contributed by atoms with van der Waals surface area (Å²) in [6.45, 7) is 3.68. The van der Waals surface area contributed by atoms with Crippen molar-refractivity contribution in [1.29, 1.82) is 0 Å². The summed E-state index contributed by atoms with van der Waals surface area (Å²) in [6.07, 6.45) is -1.53. The van der Waals surface area contributed by atoms with Crippen molar-refractivity contribution in [1.82, 2.24) is 39.5 Å². The van der Waals surface area contributed by atoms with E-state index in [-0.39, 0.29) is 30.3 Å². The van der Waals surface area contributed by atoms with Crippen LogP contribution in [0.15, 0.2) is 24.7 Å². The summed E-state index contributed by atoms with van der Waals surface area (Å²) in [5.74, 6) is 0.439. The van der Waals surface area contributed by atoms with Gasteiger partial charge in [-0.2, -0.15) is 23.3 Å². The van der Waals surface area contributed by atoms with Crippen LogP contribution in [-0.2, 0) is 23.9 Å². The van der Waals surface area contributed by atoms with E-state index in [4.69, 9.17) is 0 Å². The van der Waals surface area contributed by atoms with E-state index in [0.29, 0.717) is 12.2 Å². The van der Waals surface area contributed by atoms with Crippen LogP contribution < -0.4 is 5.32 Å². The van der Waals surface area contributed by atoms with Gasteiger partial charge < -0.3 is 5.32 Å². The lowest BCUT2D eigenvalue weighted by Crippen LogP contribution is -2.24. The molecule has 30 heavy (non-hydrogen) atoms. The predicted octanol–water partition coefficient (Wildman–Crippen LogP) is 2.05. The molecule has 0 bridgehead atoms. The van der Waals surface area contributed by atoms with E-state index in [1.54, 1.807) is 4.52 Å². The Morgan fingerprint density at radius 2 is 2.00 bits per heavy atom. The minimum atomic E-state index is -4.48. The van der Waals surface area contributed by atoms with E-state index >= 15 is 0 Å². The van der Waals surface area contributed by atoms with E-state index in [2.05, 4.69) is 30.6 Å². The van der Waals surface area contributed by atoms with Gasteiger partial charge in [-0.3, -0.25) is 9.20 Å². The molecular formula is C18H17F3N8O. The molecule has 4 heterocycles. The number of carbonyl (C=O) groups excluding carboxylic acids is 1. The van der Waals surface area contributed by atoms with Gasteiger partial charge in [0.2, 0.25) is 5.91 Å². The van der Waals surface area contributed by atoms with Gasteiger partial charge in [0, 0.05) is 24.0 Å². The zero-order chi connectivity index (χ0) is 21.5. The summed E-state index contributed by atoms with van der Waals surface area (Å²) in [6, 6.07) is 2.18. The molecule has 0 aliphatic heterocycles. The molecule has 0 saturated heterocycles. The van der Waals surface area contributed by atoms with Crippen molar-refractivity contribution in [3.05, 3.63) is 53.0 Å². The molecule has 4 rings (SSSR count). The van der Waals surface area contributed by atoms with Crippen LogP contribution in [0.1, 0.15) is 34.8 Å². The fourth-order valence-electron chi connectivity index (χ4n) is 3.25. The maximum atomic E-state index is 12.9. The molecule has 0 atom stereocenters. The van der Waals surface area contributed by atoms with E-state index in [9.17, 15) is 18.0 Å². The van der Waals surface area contributed by atoms with E-state index < -0.39 is 11.7 Å². The first-order valence-electron chi connectivity index (χ1n) is 9.07. The monoisotopic (exact) mass is 418 g/mol. The van der Waals surface area contributed by atoms with Crippen LogP contribution in [0.5, 0.6) is 0 Å². The van der Waals surface area contributed by atoms with Crippen molar-refractivity contribution in [2.24, 2.45) is 0 Å². The van der Waals surface area contributed by atoms with E-state index in [0.717, 1.165) is 29.2 Å². The highest BCUT2D eigenvalue weighted by atomic mass is 19.4. The van der Waals surface area contributed by atoms with Gasteiger partial charge in [-0.25, -0.2) is 9.50 Å². The second kappa shape index (κ2) is 7.35. The molecule has 1 amide bonds. The molecule has 0 aliphatic rings. The number of rotatable bonds is 5. The van der Waals surface area contributed by atoms with Crippen LogP contribution in [-0.4, -0.2) is 40.1 Å². The maximum Gasteiger partial charge on any atom is 0.417 e. The molecule has 0 saturated carbocycles. The molecule has 12 heteroatoms. The Morgan fingerprint density at radius 1 is 1.20 bits per heavy atom. The first kappa shape index (κ1) is 19.7. The number of carbonyl (C=O) groups is 1. The van der Waals surface area contributed by atoms with Crippen molar-refractivity contribution >= 4 is 17.3 Å². The number of nitrogens with one attached hydrogen (secondary N) is 1. The molecule has 0 radical (unpaired) electrons. The first-order chi connectivity index (χ1) is 14.2. The summed E-state index contributed by atoms with van der Waals surface area (Å²) in [7, 11) is 0. The van der Waals surface area contributed by atoms with Gasteiger partial charge >= 0.3 is 6.18 Å². The van der Waals surface area contributed by atoms with Gasteiger partial charge in [-0.15, -0.1) is 10.2 Å². The Hall–Kier alpha value is -3.57. The molecule has 4 aromatic rings. The largest absolute Gasteiger partial charge is 0.417 e. The molecule has 9 nitrogen and oxygen atoms in total. The second-order valence-corrected chi connectivity index (χ2v) is 6.77. The highest BCUT2D eigenvalue weighted by Gasteiger charge is 2.31. The number of hydrogen-bond donors (Lipinski definition) is 1. The maximum absolute atomic E-state index is 12.9. The van der Waals surface area contributed by atoms with Crippen molar-refractivity contribution in [3.63, 3.8) is 0 Å². The fraction of sp³-hybridized carbons (Fsp3) is 0.333. The summed E-state index contributed by atoms with van der Waals surface area (Å²) in [5.41, 5.74) is 1.97. The zero-order valence-corrected chi connectivity index (χ0v) is 16.1. The average Bonchev–Trinajstić information content (AvgIpc) is 3.31. The summed E-state index contributed by atoms with van der Waals surface area (Å²) >= 11 is 0. The Labute approximate surface area is 168 Å². The molecule has 156 valence electrons. The normalized spacial score (nSPS) is 12.0. The smallest absolute Gasteiger partial charge is 0.349 e. The van der Waals surface area contributed by atoms with Gasteiger partial charge in [0.05, 0.1) is 12.1 Å². The van der Waals surface area contributed by atoms with Gasteiger partial charge in [0.15, 0.2) is 11.5 Å². The fourth-order valence-corrected chi connectivity index (χ4v) is 3.25. The van der Waals surface area contributed by atoms with Gasteiger partial charge in [-0.05, 0) is 38.0 Å². The number of alkyl halides is 3. The summed E-state index contributed by atoms with van der Waals surface area (Å²) in [4.78, 5) is 20.7. The molecule has 0 aliphatic carbocycles. The molecule has 1 N–H and O–H groups in total. The Bertz CT molecular complexity index is 1240. The lowest BCUT2D eigenvalue weighted by Gasteiger charge is -2.10. The average molecular weight is 418 g/mol. The molecule has 4 aromatic heterocycles. The van der Waals surface area contributed by atoms with E-state index in [1.165, 1.54) is 16.8 Å². The number of amides is 1. The van der Waals surface area contributed by atoms with Crippen molar-refractivity contribution in [3.8, 4) is 0 Å². The third-order valence-electron chi connectivity index (χ3n) is 4.83. The lowest BCUT2D eigenvalue weighted by molar-refractivity contribution is -0.137. The number of pyridine rings is 1. The van der Waals surface area contributed by atoms with Gasteiger partial charge in [0.25, 0.3) is 5.78 Å². The second-order valence-electron chi connectivity index (χ2n) is 6.77. The van der Waals surface area contributed by atoms with Crippen LogP contribution in [0.3, 0.4) is 0 Å². The summed E-state index contributed by atoms with van der Waals surface area (Å²) in [5, 5.41) is 14.5. The SMILES string of the molecule is Cc1nc2ncnn2c(C)c1CCC(=O)NCc1nnc2ccc(C(F)(F)F)cn12. The third kappa shape index (κ3) is 3.67. The molecule has 0 unspecified atom stereocenters. The number of nitrogens with zero attached hydrogens (tertiary/aromatic N) is 7. The standard InChI is InChI=1S/C18H17F3N8O/c1-10-13(11(2)29-17(25-10)23-9-24-29)4-6-16(30)22-7-15-27-26-14-5-3-12(8-28(14)15)18(19,20)21/h3,5,8-9H,4,6-7H2,1-2H3,(H,22,30). The van der Waals surface area contributed by atoms with Crippen LogP contribution >= 0.6 is 0 Å². The predicted molar refractivity (Wildman–Crippen MR) is 98.4 cm³/mol. The Balaban J connectivity index is 1.43. The number of aromatic nitrogens is 7. The highest BCUT2D eigenvalue weighted by Crippen LogP contribution is 2.29. The van der Waals surface area contributed by atoms with Gasteiger partial charge in [0.1, 0.15) is 6.33 Å². The van der Waals surface area contributed by atoms with Crippen LogP contribution in [0.4, 0.5) is 13.2 Å². The molecular weight excluding hydrogens is 401 g/mol. The van der Waals surface area contributed by atoms with Crippen molar-refractivity contribution in [2.45, 2.75) is 39.4 Å². The minimum Gasteiger partial charge on any atom is -0.349 e. The number of halogens is 3. The van der Waals surface area contributed by atoms with Crippen LogP contribution in [0.25, 0.3) is 11.4 Å². The quantitative estimate of drug-likeness (QED) is 0.532. The third-order valence-corrected chi connectivity index (χ3v) is 4.83. The van der Waals surface area contributed by atoms with E-state index in [1.807, 2.05) is 13.8 Å². The summed E-state index contributed by atoms with van der Waals surface area (Å²) < 4.78 is 41.6. The molecule has 0 spiro atoms. The minimum absolute atomic E-state index is 0.0420. The van der Waals surface area contributed by atoms with Gasteiger partial charge in [-0.1, -0.05) is 0 Å². The molecule has 0 aromatic carbocycles. The zero-order valence-electron chi connectivity index (χ0n) is 16.1. The number of fused-ring (bicyclic) bond motifs is 2. The highest BCUT2D eigenvalue weighted by molar-refractivity contribution is 5.76. The number of hydrogen-bond acceptors (Lipinski definition) is 6. The van der Waals surface area contributed by atoms with Crippen molar-refractivity contribution < 1.29 is 18.0 Å². The first-order valence-corrected chi connectivity index (χ1v) is 9.07.